The second kappa shape index (κ2) is 3.80. The van der Waals surface area contributed by atoms with Gasteiger partial charge in [0.05, 0.1) is 0 Å². The maximum absolute atomic E-state index is 10.5. The molecule has 0 radical (unpaired) electrons. The van der Waals surface area contributed by atoms with Crippen molar-refractivity contribution in [1.82, 2.24) is 0 Å². The fraction of sp³-hybridized carbons (Fsp3) is 0. The Kier molecular flexibility index (Phi) is 2.50. The smallest absolute Gasteiger partial charge is 0.185 e. The number of rotatable bonds is 2. The first kappa shape index (κ1) is 9.21. The lowest BCUT2D eigenvalue weighted by molar-refractivity contribution is 0.109. The third-order valence-electron chi connectivity index (χ3n) is 1.91. The van der Waals surface area contributed by atoms with Crippen LogP contribution in [0.25, 0.3) is 11.1 Å². The lowest BCUT2D eigenvalue weighted by Crippen LogP contribution is -1.72. The molecule has 0 unspecified atom stereocenters. The molecule has 3 heteroatoms. The highest BCUT2D eigenvalue weighted by Gasteiger charge is 2.09. The largest absolute Gasteiger partial charge is 0.446 e. The molecule has 1 heterocycles. The molecular formula is C11H7BrO2. The van der Waals surface area contributed by atoms with E-state index in [-0.39, 0.29) is 0 Å². The van der Waals surface area contributed by atoms with E-state index in [1.807, 2.05) is 30.3 Å². The SMILES string of the molecule is O=Cc1cc(-c2ccccc2)c(Br)o1. The first-order chi connectivity index (χ1) is 6.81. The van der Waals surface area contributed by atoms with Gasteiger partial charge in [0.2, 0.25) is 0 Å². The first-order valence-corrected chi connectivity index (χ1v) is 4.90. The summed E-state index contributed by atoms with van der Waals surface area (Å²) in [5.74, 6) is 0.329. The summed E-state index contributed by atoms with van der Waals surface area (Å²) >= 11 is 3.27. The van der Waals surface area contributed by atoms with Crippen molar-refractivity contribution in [2.75, 3.05) is 0 Å². The van der Waals surface area contributed by atoms with Crippen LogP contribution < -0.4 is 0 Å². The zero-order chi connectivity index (χ0) is 9.97. The number of halogens is 1. The minimum absolute atomic E-state index is 0.329. The summed E-state index contributed by atoms with van der Waals surface area (Å²) in [5, 5.41) is 0. The van der Waals surface area contributed by atoms with E-state index >= 15 is 0 Å². The van der Waals surface area contributed by atoms with Gasteiger partial charge in [0.15, 0.2) is 16.7 Å². The Bertz CT molecular complexity index is 446. The summed E-state index contributed by atoms with van der Waals surface area (Å²) < 4.78 is 5.76. The molecule has 0 aliphatic heterocycles. The molecule has 2 nitrogen and oxygen atoms in total. The average Bonchev–Trinajstić information content (AvgIpc) is 2.61. The predicted octanol–water partition coefficient (Wildman–Crippen LogP) is 3.52. The average molecular weight is 251 g/mol. The Morgan fingerprint density at radius 3 is 2.50 bits per heavy atom. The molecule has 0 atom stereocenters. The molecule has 1 aromatic heterocycles. The number of furan rings is 1. The molecule has 0 fully saturated rings. The second-order valence-electron chi connectivity index (χ2n) is 2.82. The molecule has 14 heavy (non-hydrogen) atoms. The van der Waals surface area contributed by atoms with Crippen LogP contribution >= 0.6 is 15.9 Å². The van der Waals surface area contributed by atoms with Gasteiger partial charge in [-0.2, -0.15) is 0 Å². The van der Waals surface area contributed by atoms with Crippen molar-refractivity contribution in [3.63, 3.8) is 0 Å². The number of carbonyl (C=O) groups is 1. The molecular weight excluding hydrogens is 244 g/mol. The van der Waals surface area contributed by atoms with Crippen molar-refractivity contribution in [3.8, 4) is 11.1 Å². The quantitative estimate of drug-likeness (QED) is 0.764. The highest BCUT2D eigenvalue weighted by molar-refractivity contribution is 9.10. The summed E-state index contributed by atoms with van der Waals surface area (Å²) in [6.45, 7) is 0. The van der Waals surface area contributed by atoms with Crippen molar-refractivity contribution in [2.24, 2.45) is 0 Å². The Balaban J connectivity index is 2.51. The van der Waals surface area contributed by atoms with Gasteiger partial charge in [0, 0.05) is 5.56 Å². The molecule has 1 aromatic carbocycles. The van der Waals surface area contributed by atoms with Crippen LogP contribution in [0, 0.1) is 0 Å². The maximum atomic E-state index is 10.5. The van der Waals surface area contributed by atoms with E-state index in [0.717, 1.165) is 11.1 Å². The van der Waals surface area contributed by atoms with Gasteiger partial charge in [-0.3, -0.25) is 4.79 Å². The van der Waals surface area contributed by atoms with E-state index in [9.17, 15) is 4.79 Å². The lowest BCUT2D eigenvalue weighted by atomic mass is 10.1. The van der Waals surface area contributed by atoms with Gasteiger partial charge in [0.25, 0.3) is 0 Å². The van der Waals surface area contributed by atoms with Gasteiger partial charge in [-0.1, -0.05) is 30.3 Å². The van der Waals surface area contributed by atoms with Crippen molar-refractivity contribution in [1.29, 1.82) is 0 Å². The van der Waals surface area contributed by atoms with Crippen molar-refractivity contribution < 1.29 is 9.21 Å². The number of hydrogen-bond donors (Lipinski definition) is 0. The Labute approximate surface area is 89.7 Å². The third kappa shape index (κ3) is 1.63. The maximum Gasteiger partial charge on any atom is 0.185 e. The zero-order valence-corrected chi connectivity index (χ0v) is 8.82. The molecule has 0 aliphatic carbocycles. The van der Waals surface area contributed by atoms with Gasteiger partial charge >= 0.3 is 0 Å². The Hall–Kier alpha value is -1.35. The number of carbonyl (C=O) groups excluding carboxylic acids is 1. The summed E-state index contributed by atoms with van der Waals surface area (Å²) in [7, 11) is 0. The molecule has 0 aliphatic rings. The van der Waals surface area contributed by atoms with Crippen LogP contribution in [0.3, 0.4) is 0 Å². The standard InChI is InChI=1S/C11H7BrO2/c12-11-10(6-9(7-13)14-11)8-4-2-1-3-5-8/h1-7H. The van der Waals surface area contributed by atoms with Crippen LogP contribution in [0.5, 0.6) is 0 Å². The minimum atomic E-state index is 0.329. The van der Waals surface area contributed by atoms with Gasteiger partial charge < -0.3 is 4.42 Å². The molecule has 0 amide bonds. The monoisotopic (exact) mass is 250 g/mol. The van der Waals surface area contributed by atoms with Gasteiger partial charge in [0.1, 0.15) is 0 Å². The van der Waals surface area contributed by atoms with E-state index in [1.54, 1.807) is 6.07 Å². The molecule has 0 saturated carbocycles. The molecule has 2 aromatic rings. The molecule has 0 N–H and O–H groups in total. The third-order valence-corrected chi connectivity index (χ3v) is 2.50. The summed E-state index contributed by atoms with van der Waals surface area (Å²) in [5.41, 5.74) is 1.92. The Morgan fingerprint density at radius 2 is 1.93 bits per heavy atom. The van der Waals surface area contributed by atoms with Crippen LogP contribution in [-0.2, 0) is 0 Å². The topological polar surface area (TPSA) is 30.2 Å². The van der Waals surface area contributed by atoms with Crippen LogP contribution in [0.4, 0.5) is 0 Å². The number of aldehydes is 1. The van der Waals surface area contributed by atoms with E-state index < -0.39 is 0 Å². The summed E-state index contributed by atoms with van der Waals surface area (Å²) in [4.78, 5) is 10.5. The molecule has 0 bridgehead atoms. The van der Waals surface area contributed by atoms with Crippen molar-refractivity contribution in [3.05, 3.63) is 46.8 Å². The second-order valence-corrected chi connectivity index (χ2v) is 3.54. The zero-order valence-electron chi connectivity index (χ0n) is 7.24. The van der Waals surface area contributed by atoms with Crippen molar-refractivity contribution >= 4 is 22.2 Å². The highest BCUT2D eigenvalue weighted by Crippen LogP contribution is 2.30. The molecule has 0 spiro atoms. The van der Waals surface area contributed by atoms with Crippen LogP contribution in [0.1, 0.15) is 10.6 Å². The van der Waals surface area contributed by atoms with Crippen molar-refractivity contribution in [2.45, 2.75) is 0 Å². The number of benzene rings is 1. The number of hydrogen-bond acceptors (Lipinski definition) is 2. The van der Waals surface area contributed by atoms with Gasteiger partial charge in [-0.25, -0.2) is 0 Å². The van der Waals surface area contributed by atoms with E-state index in [2.05, 4.69) is 15.9 Å². The molecule has 0 saturated heterocycles. The fourth-order valence-corrected chi connectivity index (χ4v) is 1.79. The Morgan fingerprint density at radius 1 is 1.21 bits per heavy atom. The van der Waals surface area contributed by atoms with E-state index in [4.69, 9.17) is 4.42 Å². The van der Waals surface area contributed by atoms with Crippen LogP contribution in [0.15, 0.2) is 45.5 Å². The fourth-order valence-electron chi connectivity index (χ4n) is 1.26. The normalized spacial score (nSPS) is 10.1. The van der Waals surface area contributed by atoms with E-state index in [1.165, 1.54) is 0 Å². The van der Waals surface area contributed by atoms with Gasteiger partial charge in [-0.05, 0) is 27.6 Å². The van der Waals surface area contributed by atoms with Crippen LogP contribution in [0.2, 0.25) is 0 Å². The molecule has 2 rings (SSSR count). The van der Waals surface area contributed by atoms with Crippen LogP contribution in [-0.4, -0.2) is 6.29 Å². The summed E-state index contributed by atoms with van der Waals surface area (Å²) in [6, 6.07) is 11.5. The highest BCUT2D eigenvalue weighted by atomic mass is 79.9. The first-order valence-electron chi connectivity index (χ1n) is 4.11. The predicted molar refractivity (Wildman–Crippen MR) is 57.2 cm³/mol. The lowest BCUT2D eigenvalue weighted by Gasteiger charge is -1.95. The minimum Gasteiger partial charge on any atom is -0.446 e. The summed E-state index contributed by atoms with van der Waals surface area (Å²) in [6.07, 6.45) is 0.692. The van der Waals surface area contributed by atoms with E-state index in [0.29, 0.717) is 16.7 Å². The molecule has 70 valence electrons. The van der Waals surface area contributed by atoms with Gasteiger partial charge in [-0.15, -0.1) is 0 Å².